The zero-order chi connectivity index (χ0) is 12.3. The fourth-order valence-corrected chi connectivity index (χ4v) is 2.46. The molecule has 1 fully saturated rings. The van der Waals surface area contributed by atoms with Crippen LogP contribution in [-0.2, 0) is 6.54 Å². The highest BCUT2D eigenvalue weighted by Gasteiger charge is 2.20. The second-order valence-corrected chi connectivity index (χ2v) is 4.82. The van der Waals surface area contributed by atoms with Crippen molar-refractivity contribution >= 4 is 0 Å². The monoisotopic (exact) mass is 230 g/mol. The molecule has 0 amide bonds. The van der Waals surface area contributed by atoms with Gasteiger partial charge in [0.05, 0.1) is 0 Å². The van der Waals surface area contributed by atoms with E-state index >= 15 is 0 Å². The number of nitrogens with zero attached hydrogens (tertiary/aromatic N) is 3. The van der Waals surface area contributed by atoms with E-state index in [4.69, 9.17) is 5.26 Å². The van der Waals surface area contributed by atoms with E-state index in [1.807, 2.05) is 12.1 Å². The highest BCUT2D eigenvalue weighted by molar-refractivity contribution is 5.25. The second kappa shape index (κ2) is 5.26. The predicted octanol–water partition coefficient (Wildman–Crippen LogP) is 1.14. The number of aromatic nitrogens is 1. The molecule has 1 saturated heterocycles. The van der Waals surface area contributed by atoms with E-state index in [-0.39, 0.29) is 0 Å². The summed E-state index contributed by atoms with van der Waals surface area (Å²) in [6, 6.07) is 6.99. The van der Waals surface area contributed by atoms with Gasteiger partial charge in [-0.25, -0.2) is 4.98 Å². The summed E-state index contributed by atoms with van der Waals surface area (Å²) in [5, 5.41) is 12.3. The van der Waals surface area contributed by atoms with Crippen molar-refractivity contribution < 1.29 is 0 Å². The zero-order valence-corrected chi connectivity index (χ0v) is 10.3. The van der Waals surface area contributed by atoms with Gasteiger partial charge in [-0.2, -0.15) is 5.26 Å². The first-order valence-electron chi connectivity index (χ1n) is 6.01. The van der Waals surface area contributed by atoms with Crippen LogP contribution in [0.15, 0.2) is 18.3 Å². The van der Waals surface area contributed by atoms with E-state index in [9.17, 15) is 0 Å². The minimum atomic E-state index is 0.499. The Balaban J connectivity index is 2.02. The van der Waals surface area contributed by atoms with Crippen molar-refractivity contribution in [1.29, 1.82) is 5.26 Å². The molecule has 90 valence electrons. The molecule has 1 N–H and O–H groups in total. The molecule has 4 heteroatoms. The Morgan fingerprint density at radius 2 is 2.18 bits per heavy atom. The summed E-state index contributed by atoms with van der Waals surface area (Å²) >= 11 is 0. The van der Waals surface area contributed by atoms with E-state index in [1.54, 1.807) is 6.20 Å². The van der Waals surface area contributed by atoms with Crippen molar-refractivity contribution in [3.05, 3.63) is 29.6 Å². The second-order valence-electron chi connectivity index (χ2n) is 4.82. The normalized spacial score (nSPS) is 25.5. The first-order chi connectivity index (χ1) is 8.17. The van der Waals surface area contributed by atoms with Crippen LogP contribution in [0.4, 0.5) is 0 Å². The highest BCUT2D eigenvalue weighted by Crippen LogP contribution is 2.10. The highest BCUT2D eigenvalue weighted by atomic mass is 15.2. The minimum Gasteiger partial charge on any atom is -0.309 e. The number of rotatable bonds is 2. The maximum Gasteiger partial charge on any atom is 0.140 e. The van der Waals surface area contributed by atoms with Gasteiger partial charge in [0.25, 0.3) is 0 Å². The van der Waals surface area contributed by atoms with Crippen LogP contribution < -0.4 is 5.32 Å². The van der Waals surface area contributed by atoms with Crippen molar-refractivity contribution in [2.75, 3.05) is 13.1 Å². The standard InChI is InChI=1S/C13H18N4/c1-10-7-17(8-11(2)16-10)9-12-3-4-15-13(5-12)6-14/h3-5,10-11,16H,7-9H2,1-2H3. The fraction of sp³-hybridized carbons (Fsp3) is 0.538. The Bertz CT molecular complexity index is 414. The van der Waals surface area contributed by atoms with Gasteiger partial charge in [0, 0.05) is 37.9 Å². The van der Waals surface area contributed by atoms with Gasteiger partial charge in [-0.15, -0.1) is 0 Å². The third kappa shape index (κ3) is 3.26. The maximum absolute atomic E-state index is 8.82. The maximum atomic E-state index is 8.82. The molecule has 4 nitrogen and oxygen atoms in total. The van der Waals surface area contributed by atoms with E-state index in [0.717, 1.165) is 25.2 Å². The molecule has 0 aromatic carbocycles. The third-order valence-electron chi connectivity index (χ3n) is 2.98. The Morgan fingerprint density at radius 1 is 1.47 bits per heavy atom. The van der Waals surface area contributed by atoms with E-state index in [2.05, 4.69) is 35.1 Å². The van der Waals surface area contributed by atoms with Crippen LogP contribution in [0.1, 0.15) is 25.1 Å². The summed E-state index contributed by atoms with van der Waals surface area (Å²) in [6.45, 7) is 7.41. The molecule has 2 atom stereocenters. The molecule has 2 rings (SSSR count). The van der Waals surface area contributed by atoms with Crippen LogP contribution in [0.5, 0.6) is 0 Å². The lowest BCUT2D eigenvalue weighted by atomic mass is 10.1. The zero-order valence-electron chi connectivity index (χ0n) is 10.3. The Labute approximate surface area is 102 Å². The number of piperazine rings is 1. The van der Waals surface area contributed by atoms with Crippen molar-refractivity contribution in [1.82, 2.24) is 15.2 Å². The van der Waals surface area contributed by atoms with Gasteiger partial charge in [-0.05, 0) is 31.5 Å². The summed E-state index contributed by atoms with van der Waals surface area (Å²) < 4.78 is 0. The van der Waals surface area contributed by atoms with Crippen LogP contribution in [0.3, 0.4) is 0 Å². The Kier molecular flexibility index (Phi) is 3.72. The molecular formula is C13H18N4. The lowest BCUT2D eigenvalue weighted by Gasteiger charge is -2.36. The van der Waals surface area contributed by atoms with Gasteiger partial charge >= 0.3 is 0 Å². The van der Waals surface area contributed by atoms with Gasteiger partial charge < -0.3 is 5.32 Å². The molecule has 0 radical (unpaired) electrons. The Hall–Kier alpha value is -1.44. The van der Waals surface area contributed by atoms with Crippen molar-refractivity contribution in [3.8, 4) is 6.07 Å². The van der Waals surface area contributed by atoms with E-state index < -0.39 is 0 Å². The lowest BCUT2D eigenvalue weighted by Crippen LogP contribution is -2.53. The first-order valence-corrected chi connectivity index (χ1v) is 6.01. The molecule has 1 aromatic rings. The summed E-state index contributed by atoms with van der Waals surface area (Å²) in [4.78, 5) is 6.41. The van der Waals surface area contributed by atoms with Gasteiger partial charge in [0.15, 0.2) is 0 Å². The average Bonchev–Trinajstić information content (AvgIpc) is 2.28. The van der Waals surface area contributed by atoms with Crippen LogP contribution in [0, 0.1) is 11.3 Å². The molecule has 0 bridgehead atoms. The van der Waals surface area contributed by atoms with Gasteiger partial charge in [0.1, 0.15) is 11.8 Å². The van der Waals surface area contributed by atoms with Gasteiger partial charge in [-0.1, -0.05) is 0 Å². The Morgan fingerprint density at radius 3 is 2.82 bits per heavy atom. The number of nitrogens with one attached hydrogen (secondary N) is 1. The van der Waals surface area contributed by atoms with Crippen LogP contribution in [0.2, 0.25) is 0 Å². The van der Waals surface area contributed by atoms with Gasteiger partial charge in [0.2, 0.25) is 0 Å². The van der Waals surface area contributed by atoms with E-state index in [0.29, 0.717) is 17.8 Å². The predicted molar refractivity (Wildman–Crippen MR) is 66.3 cm³/mol. The molecule has 0 spiro atoms. The molecule has 1 aromatic heterocycles. The summed E-state index contributed by atoms with van der Waals surface area (Å²) in [7, 11) is 0. The smallest absolute Gasteiger partial charge is 0.140 e. The fourth-order valence-electron chi connectivity index (χ4n) is 2.46. The molecule has 0 aliphatic carbocycles. The molecule has 2 unspecified atom stereocenters. The van der Waals surface area contributed by atoms with Crippen LogP contribution in [0.25, 0.3) is 0 Å². The molecule has 1 aliphatic rings. The summed E-state index contributed by atoms with van der Waals surface area (Å²) in [5.74, 6) is 0. The van der Waals surface area contributed by atoms with Crippen molar-refractivity contribution in [2.45, 2.75) is 32.5 Å². The average molecular weight is 230 g/mol. The molecule has 1 aliphatic heterocycles. The molecule has 17 heavy (non-hydrogen) atoms. The first kappa shape index (κ1) is 12.0. The molecule has 2 heterocycles. The van der Waals surface area contributed by atoms with Gasteiger partial charge in [-0.3, -0.25) is 4.90 Å². The van der Waals surface area contributed by atoms with E-state index in [1.165, 1.54) is 0 Å². The number of hydrogen-bond donors (Lipinski definition) is 1. The number of nitriles is 1. The van der Waals surface area contributed by atoms with Crippen molar-refractivity contribution in [2.24, 2.45) is 0 Å². The molecule has 0 saturated carbocycles. The number of hydrogen-bond acceptors (Lipinski definition) is 4. The topological polar surface area (TPSA) is 52.0 Å². The summed E-state index contributed by atoms with van der Waals surface area (Å²) in [6.07, 6.45) is 1.71. The SMILES string of the molecule is CC1CN(Cc2ccnc(C#N)c2)CC(C)N1. The minimum absolute atomic E-state index is 0.499. The van der Waals surface area contributed by atoms with Crippen molar-refractivity contribution in [3.63, 3.8) is 0 Å². The largest absolute Gasteiger partial charge is 0.309 e. The molecular weight excluding hydrogens is 212 g/mol. The van der Waals surface area contributed by atoms with Crippen LogP contribution in [-0.4, -0.2) is 35.1 Å². The lowest BCUT2D eigenvalue weighted by molar-refractivity contribution is 0.166. The third-order valence-corrected chi connectivity index (χ3v) is 2.98. The number of pyridine rings is 1. The summed E-state index contributed by atoms with van der Waals surface area (Å²) in [5.41, 5.74) is 1.66. The quantitative estimate of drug-likeness (QED) is 0.827. The van der Waals surface area contributed by atoms with Crippen LogP contribution >= 0.6 is 0 Å².